The van der Waals surface area contributed by atoms with Crippen LogP contribution in [0, 0.1) is 0 Å². The first-order valence-electron chi connectivity index (χ1n) is 6.00. The van der Waals surface area contributed by atoms with Gasteiger partial charge in [0, 0.05) is 25.4 Å². The third kappa shape index (κ3) is 4.66. The molecule has 114 valence electrons. The molecular weight excluding hydrogens is 353 g/mol. The third-order valence-electron chi connectivity index (χ3n) is 2.68. The van der Waals surface area contributed by atoms with Crippen molar-refractivity contribution in [2.75, 3.05) is 6.61 Å². The van der Waals surface area contributed by atoms with Crippen LogP contribution < -0.4 is 9.47 Å². The van der Waals surface area contributed by atoms with Gasteiger partial charge in [0.2, 0.25) is 0 Å². The molecule has 2 rings (SSSR count). The van der Waals surface area contributed by atoms with Crippen molar-refractivity contribution in [3.05, 3.63) is 40.6 Å². The van der Waals surface area contributed by atoms with E-state index >= 15 is 0 Å². The molecule has 2 aromatic rings. The minimum atomic E-state index is -4.72. The van der Waals surface area contributed by atoms with E-state index in [0.717, 1.165) is 5.69 Å². The predicted octanol–water partition coefficient (Wildman–Crippen LogP) is 3.70. The number of hydrogen-bond donors (Lipinski definition) is 0. The van der Waals surface area contributed by atoms with E-state index in [-0.39, 0.29) is 10.2 Å². The topological polar surface area (TPSA) is 36.3 Å². The van der Waals surface area contributed by atoms with Gasteiger partial charge in [-0.25, -0.2) is 0 Å². The molecule has 21 heavy (non-hydrogen) atoms. The van der Waals surface area contributed by atoms with E-state index < -0.39 is 6.36 Å². The highest BCUT2D eigenvalue weighted by atomic mass is 79.9. The normalized spacial score (nSPS) is 11.5. The molecule has 0 N–H and O–H groups in total. The summed E-state index contributed by atoms with van der Waals surface area (Å²) in [4.78, 5) is 0. The summed E-state index contributed by atoms with van der Waals surface area (Å²) in [6.45, 7) is 0.394. The first-order valence-corrected chi connectivity index (χ1v) is 6.79. The quantitative estimate of drug-likeness (QED) is 0.811. The summed E-state index contributed by atoms with van der Waals surface area (Å²) in [6.07, 6.45) is -2.38. The number of aryl methyl sites for hydroxylation is 1. The zero-order chi connectivity index (χ0) is 15.5. The van der Waals surface area contributed by atoms with Crippen LogP contribution in [-0.2, 0) is 13.5 Å². The molecule has 0 spiro atoms. The summed E-state index contributed by atoms with van der Waals surface area (Å²) in [5.41, 5.74) is 1.01. The molecule has 0 saturated heterocycles. The summed E-state index contributed by atoms with van der Waals surface area (Å²) >= 11 is 3.02. The second-order valence-corrected chi connectivity index (χ2v) is 5.04. The van der Waals surface area contributed by atoms with Gasteiger partial charge in [-0.15, -0.1) is 13.2 Å². The van der Waals surface area contributed by atoms with E-state index in [1.807, 2.05) is 13.1 Å². The highest BCUT2D eigenvalue weighted by Crippen LogP contribution is 2.33. The van der Waals surface area contributed by atoms with Crippen LogP contribution in [0.4, 0.5) is 13.2 Å². The number of rotatable bonds is 5. The first-order chi connectivity index (χ1) is 9.85. The van der Waals surface area contributed by atoms with Gasteiger partial charge in [-0.05, 0) is 40.2 Å². The SMILES string of the molecule is Cn1nccc1CCOc1ccc(OC(F)(F)F)c(Br)c1. The van der Waals surface area contributed by atoms with Gasteiger partial charge in [0.05, 0.1) is 11.1 Å². The van der Waals surface area contributed by atoms with Gasteiger partial charge in [0.25, 0.3) is 0 Å². The van der Waals surface area contributed by atoms with E-state index in [2.05, 4.69) is 25.8 Å². The van der Waals surface area contributed by atoms with Crippen molar-refractivity contribution in [2.45, 2.75) is 12.8 Å². The molecule has 0 aliphatic carbocycles. The molecule has 0 atom stereocenters. The first kappa shape index (κ1) is 15.7. The molecule has 1 heterocycles. The highest BCUT2D eigenvalue weighted by Gasteiger charge is 2.31. The van der Waals surface area contributed by atoms with Crippen LogP contribution in [0.15, 0.2) is 34.9 Å². The molecule has 4 nitrogen and oxygen atoms in total. The van der Waals surface area contributed by atoms with Crippen molar-refractivity contribution in [3.8, 4) is 11.5 Å². The summed E-state index contributed by atoms with van der Waals surface area (Å²) in [5, 5.41) is 4.03. The summed E-state index contributed by atoms with van der Waals surface area (Å²) < 4.78 is 47.7. The number of nitrogens with zero attached hydrogens (tertiary/aromatic N) is 2. The minimum Gasteiger partial charge on any atom is -0.493 e. The molecule has 0 radical (unpaired) electrons. The number of halogens is 4. The van der Waals surface area contributed by atoms with Gasteiger partial charge >= 0.3 is 6.36 Å². The Balaban J connectivity index is 1.93. The van der Waals surface area contributed by atoms with Crippen LogP contribution >= 0.6 is 15.9 Å². The maximum absolute atomic E-state index is 12.1. The number of alkyl halides is 3. The van der Waals surface area contributed by atoms with Gasteiger partial charge in [0.1, 0.15) is 11.5 Å². The average molecular weight is 365 g/mol. The lowest BCUT2D eigenvalue weighted by Gasteiger charge is -2.12. The Morgan fingerprint density at radius 2 is 2.05 bits per heavy atom. The van der Waals surface area contributed by atoms with Crippen LogP contribution in [0.5, 0.6) is 11.5 Å². The minimum absolute atomic E-state index is 0.179. The van der Waals surface area contributed by atoms with Crippen molar-refractivity contribution >= 4 is 15.9 Å². The lowest BCUT2D eigenvalue weighted by atomic mass is 10.3. The lowest BCUT2D eigenvalue weighted by molar-refractivity contribution is -0.274. The molecule has 0 aliphatic heterocycles. The second kappa shape index (κ2) is 6.38. The maximum atomic E-state index is 12.1. The van der Waals surface area contributed by atoms with E-state index in [1.165, 1.54) is 18.2 Å². The van der Waals surface area contributed by atoms with Gasteiger partial charge in [0.15, 0.2) is 0 Å². The molecule has 0 amide bonds. The fraction of sp³-hybridized carbons (Fsp3) is 0.308. The smallest absolute Gasteiger partial charge is 0.493 e. The number of aromatic nitrogens is 2. The van der Waals surface area contributed by atoms with E-state index in [9.17, 15) is 13.2 Å². The monoisotopic (exact) mass is 364 g/mol. The third-order valence-corrected chi connectivity index (χ3v) is 3.30. The van der Waals surface area contributed by atoms with E-state index in [4.69, 9.17) is 4.74 Å². The Hall–Kier alpha value is -1.70. The van der Waals surface area contributed by atoms with Crippen LogP contribution in [0.1, 0.15) is 5.69 Å². The van der Waals surface area contributed by atoms with Crippen molar-refractivity contribution in [3.63, 3.8) is 0 Å². The highest BCUT2D eigenvalue weighted by molar-refractivity contribution is 9.10. The van der Waals surface area contributed by atoms with Crippen LogP contribution in [0.25, 0.3) is 0 Å². The number of benzene rings is 1. The van der Waals surface area contributed by atoms with Crippen LogP contribution in [0.3, 0.4) is 0 Å². The Morgan fingerprint density at radius 1 is 1.29 bits per heavy atom. The zero-order valence-electron chi connectivity index (χ0n) is 11.0. The van der Waals surface area contributed by atoms with Gasteiger partial charge in [-0.3, -0.25) is 4.68 Å². The van der Waals surface area contributed by atoms with Crippen molar-refractivity contribution in [2.24, 2.45) is 7.05 Å². The van der Waals surface area contributed by atoms with E-state index in [1.54, 1.807) is 10.9 Å². The predicted molar refractivity (Wildman–Crippen MR) is 73.2 cm³/mol. The summed E-state index contributed by atoms with van der Waals surface area (Å²) in [5.74, 6) is 0.153. The largest absolute Gasteiger partial charge is 0.573 e. The Bertz CT molecular complexity index is 614. The molecule has 0 unspecified atom stereocenters. The lowest BCUT2D eigenvalue weighted by Crippen LogP contribution is -2.17. The standard InChI is InChI=1S/C13H12BrF3N2O2/c1-19-9(4-6-18-19)5-7-20-10-2-3-12(11(14)8-10)21-13(15,16)17/h2-4,6,8H,5,7H2,1H3. The molecule has 0 fully saturated rings. The Labute approximate surface area is 127 Å². The molecule has 8 heteroatoms. The molecule has 0 bridgehead atoms. The fourth-order valence-electron chi connectivity index (χ4n) is 1.70. The van der Waals surface area contributed by atoms with E-state index in [0.29, 0.717) is 18.8 Å². The molecule has 1 aromatic carbocycles. The molecule has 0 saturated carbocycles. The number of hydrogen-bond acceptors (Lipinski definition) is 3. The molecule has 0 aliphatic rings. The Morgan fingerprint density at radius 3 is 2.62 bits per heavy atom. The second-order valence-electron chi connectivity index (χ2n) is 4.18. The van der Waals surface area contributed by atoms with Gasteiger partial charge < -0.3 is 9.47 Å². The van der Waals surface area contributed by atoms with Crippen molar-refractivity contribution < 1.29 is 22.6 Å². The van der Waals surface area contributed by atoms with Crippen LogP contribution in [0.2, 0.25) is 0 Å². The molecule has 1 aromatic heterocycles. The zero-order valence-corrected chi connectivity index (χ0v) is 12.6. The Kier molecular flexibility index (Phi) is 4.76. The summed E-state index contributed by atoms with van der Waals surface area (Å²) in [6, 6.07) is 5.94. The molecular formula is C13H12BrF3N2O2. The van der Waals surface area contributed by atoms with Gasteiger partial charge in [-0.1, -0.05) is 0 Å². The van der Waals surface area contributed by atoms with Crippen LogP contribution in [-0.4, -0.2) is 22.7 Å². The van der Waals surface area contributed by atoms with Crippen molar-refractivity contribution in [1.29, 1.82) is 0 Å². The average Bonchev–Trinajstić information content (AvgIpc) is 2.77. The fourth-order valence-corrected chi connectivity index (χ4v) is 2.14. The van der Waals surface area contributed by atoms with Crippen molar-refractivity contribution in [1.82, 2.24) is 9.78 Å². The maximum Gasteiger partial charge on any atom is 0.573 e. The number of ether oxygens (including phenoxy) is 2. The summed E-state index contributed by atoms with van der Waals surface area (Å²) in [7, 11) is 1.83. The van der Waals surface area contributed by atoms with Gasteiger partial charge in [-0.2, -0.15) is 5.10 Å².